The SMILES string of the molecule is CN(C)C(C)(C)CNc1ccc(S(N)(=O)=O)cc1N. The molecule has 0 aliphatic rings. The van der Waals surface area contributed by atoms with Gasteiger partial charge in [0.15, 0.2) is 0 Å². The van der Waals surface area contributed by atoms with Gasteiger partial charge in [0.1, 0.15) is 0 Å². The number of likely N-dealkylation sites (N-methyl/N-ethyl adjacent to an activating group) is 1. The number of rotatable bonds is 5. The summed E-state index contributed by atoms with van der Waals surface area (Å²) in [5, 5.41) is 8.26. The summed E-state index contributed by atoms with van der Waals surface area (Å²) in [6.45, 7) is 4.86. The van der Waals surface area contributed by atoms with Crippen molar-refractivity contribution in [1.29, 1.82) is 0 Å². The van der Waals surface area contributed by atoms with Crippen LogP contribution in [0, 0.1) is 0 Å². The number of hydrogen-bond donors (Lipinski definition) is 3. The zero-order valence-electron chi connectivity index (χ0n) is 11.8. The van der Waals surface area contributed by atoms with Crippen LogP contribution in [0.4, 0.5) is 11.4 Å². The Morgan fingerprint density at radius 1 is 1.32 bits per heavy atom. The first kappa shape index (κ1) is 15.7. The van der Waals surface area contributed by atoms with Gasteiger partial charge in [-0.05, 0) is 46.1 Å². The molecule has 5 N–H and O–H groups in total. The lowest BCUT2D eigenvalue weighted by Crippen LogP contribution is -2.44. The normalized spacial score (nSPS) is 12.7. The third-order valence-corrected chi connectivity index (χ3v) is 4.18. The number of nitrogens with zero attached hydrogens (tertiary/aromatic N) is 1. The standard InChI is InChI=1S/C12H22N4O2S/c1-12(2,16(3)4)8-15-11-6-5-9(7-10(11)13)19(14,17)18/h5-7,15H,8,13H2,1-4H3,(H2,14,17,18). The van der Waals surface area contributed by atoms with Gasteiger partial charge in [-0.3, -0.25) is 0 Å². The van der Waals surface area contributed by atoms with Crippen molar-refractivity contribution in [2.75, 3.05) is 31.7 Å². The lowest BCUT2D eigenvalue weighted by atomic mass is 10.0. The molecule has 0 atom stereocenters. The first-order valence-electron chi connectivity index (χ1n) is 5.88. The molecule has 6 nitrogen and oxygen atoms in total. The van der Waals surface area contributed by atoms with Gasteiger partial charge in [-0.2, -0.15) is 0 Å². The fourth-order valence-corrected chi connectivity index (χ4v) is 1.90. The highest BCUT2D eigenvalue weighted by molar-refractivity contribution is 7.89. The van der Waals surface area contributed by atoms with Gasteiger partial charge in [0.2, 0.25) is 10.0 Å². The molecule has 108 valence electrons. The quantitative estimate of drug-likeness (QED) is 0.691. The minimum Gasteiger partial charge on any atom is -0.397 e. The molecule has 0 aliphatic heterocycles. The summed E-state index contributed by atoms with van der Waals surface area (Å²) in [7, 11) is 0.275. The topological polar surface area (TPSA) is 101 Å². The summed E-state index contributed by atoms with van der Waals surface area (Å²) in [6.07, 6.45) is 0. The van der Waals surface area contributed by atoms with E-state index in [2.05, 4.69) is 24.1 Å². The number of primary sulfonamides is 1. The van der Waals surface area contributed by atoms with Crippen LogP contribution in [0.1, 0.15) is 13.8 Å². The molecule has 0 aromatic heterocycles. The zero-order chi connectivity index (χ0) is 14.8. The van der Waals surface area contributed by atoms with Crippen molar-refractivity contribution in [3.8, 4) is 0 Å². The van der Waals surface area contributed by atoms with E-state index in [4.69, 9.17) is 10.9 Å². The Kier molecular flexibility index (Phi) is 4.44. The molecule has 0 amide bonds. The van der Waals surface area contributed by atoms with Crippen molar-refractivity contribution in [2.24, 2.45) is 5.14 Å². The number of sulfonamides is 1. The minimum atomic E-state index is -3.71. The maximum absolute atomic E-state index is 11.2. The molecule has 1 aromatic rings. The van der Waals surface area contributed by atoms with Crippen molar-refractivity contribution >= 4 is 21.4 Å². The van der Waals surface area contributed by atoms with E-state index >= 15 is 0 Å². The lowest BCUT2D eigenvalue weighted by Gasteiger charge is -2.33. The Balaban J connectivity index is 2.88. The second-order valence-electron chi connectivity index (χ2n) is 5.35. The van der Waals surface area contributed by atoms with Gasteiger partial charge in [0.25, 0.3) is 0 Å². The Hall–Kier alpha value is -1.31. The molecule has 7 heteroatoms. The largest absolute Gasteiger partial charge is 0.397 e. The summed E-state index contributed by atoms with van der Waals surface area (Å²) in [6, 6.07) is 4.43. The molecule has 0 saturated carbocycles. The van der Waals surface area contributed by atoms with Crippen molar-refractivity contribution in [1.82, 2.24) is 4.90 Å². The first-order chi connectivity index (χ1) is 8.54. The fourth-order valence-electron chi connectivity index (χ4n) is 1.35. The number of benzene rings is 1. The van der Waals surface area contributed by atoms with Crippen molar-refractivity contribution in [3.63, 3.8) is 0 Å². The van der Waals surface area contributed by atoms with Gasteiger partial charge in [-0.25, -0.2) is 13.6 Å². The number of nitrogen functional groups attached to an aromatic ring is 1. The Labute approximate surface area is 114 Å². The second kappa shape index (κ2) is 5.36. The van der Waals surface area contributed by atoms with E-state index in [1.54, 1.807) is 6.07 Å². The van der Waals surface area contributed by atoms with Crippen LogP contribution in [0.2, 0.25) is 0 Å². The van der Waals surface area contributed by atoms with Crippen LogP contribution in [0.15, 0.2) is 23.1 Å². The molecular weight excluding hydrogens is 264 g/mol. The maximum atomic E-state index is 11.2. The number of nitrogens with one attached hydrogen (secondary N) is 1. The van der Waals surface area contributed by atoms with Gasteiger partial charge in [0, 0.05) is 12.1 Å². The summed E-state index contributed by atoms with van der Waals surface area (Å²) in [4.78, 5) is 2.11. The predicted octanol–water partition coefficient (Wildman–Crippen LogP) is 0.668. The maximum Gasteiger partial charge on any atom is 0.238 e. The van der Waals surface area contributed by atoms with E-state index in [1.807, 2.05) is 14.1 Å². The minimum absolute atomic E-state index is 0.0161. The van der Waals surface area contributed by atoms with E-state index in [-0.39, 0.29) is 10.4 Å². The summed E-state index contributed by atoms with van der Waals surface area (Å²) in [5.41, 5.74) is 6.84. The molecule has 0 bridgehead atoms. The molecule has 1 aromatic carbocycles. The second-order valence-corrected chi connectivity index (χ2v) is 6.92. The average Bonchev–Trinajstić information content (AvgIpc) is 2.25. The number of hydrogen-bond acceptors (Lipinski definition) is 5. The first-order valence-corrected chi connectivity index (χ1v) is 7.42. The monoisotopic (exact) mass is 286 g/mol. The van der Waals surface area contributed by atoms with Gasteiger partial charge in [0.05, 0.1) is 16.3 Å². The van der Waals surface area contributed by atoms with Crippen molar-refractivity contribution < 1.29 is 8.42 Å². The van der Waals surface area contributed by atoms with Crippen LogP contribution in [0.5, 0.6) is 0 Å². The fraction of sp³-hybridized carbons (Fsp3) is 0.500. The van der Waals surface area contributed by atoms with E-state index in [1.165, 1.54) is 12.1 Å². The van der Waals surface area contributed by atoms with Crippen LogP contribution >= 0.6 is 0 Å². The lowest BCUT2D eigenvalue weighted by molar-refractivity contribution is 0.210. The number of anilines is 2. The summed E-state index contributed by atoms with van der Waals surface area (Å²) in [5.74, 6) is 0. The molecule has 0 unspecified atom stereocenters. The summed E-state index contributed by atoms with van der Waals surface area (Å²) >= 11 is 0. The van der Waals surface area contributed by atoms with Crippen LogP contribution in [-0.4, -0.2) is 39.5 Å². The van der Waals surface area contributed by atoms with Crippen LogP contribution < -0.4 is 16.2 Å². The smallest absolute Gasteiger partial charge is 0.238 e. The highest BCUT2D eigenvalue weighted by atomic mass is 32.2. The summed E-state index contributed by atoms with van der Waals surface area (Å²) < 4.78 is 22.4. The molecule has 0 heterocycles. The molecule has 0 fully saturated rings. The molecular formula is C12H22N4O2S. The number of nitrogens with two attached hydrogens (primary N) is 2. The zero-order valence-corrected chi connectivity index (χ0v) is 12.6. The van der Waals surface area contributed by atoms with Gasteiger partial charge >= 0.3 is 0 Å². The Morgan fingerprint density at radius 3 is 2.32 bits per heavy atom. The van der Waals surface area contributed by atoms with Crippen molar-refractivity contribution in [3.05, 3.63) is 18.2 Å². The van der Waals surface area contributed by atoms with E-state index in [0.29, 0.717) is 17.9 Å². The van der Waals surface area contributed by atoms with Crippen LogP contribution in [0.25, 0.3) is 0 Å². The molecule has 0 saturated heterocycles. The van der Waals surface area contributed by atoms with Crippen molar-refractivity contribution in [2.45, 2.75) is 24.3 Å². The molecule has 1 rings (SSSR count). The third kappa shape index (κ3) is 4.09. The van der Waals surface area contributed by atoms with Crippen LogP contribution in [0.3, 0.4) is 0 Å². The van der Waals surface area contributed by atoms with Gasteiger partial charge < -0.3 is 16.0 Å². The van der Waals surface area contributed by atoms with E-state index in [0.717, 1.165) is 0 Å². The molecule has 0 spiro atoms. The third-order valence-electron chi connectivity index (χ3n) is 3.27. The highest BCUT2D eigenvalue weighted by Gasteiger charge is 2.20. The average molecular weight is 286 g/mol. The Morgan fingerprint density at radius 2 is 1.89 bits per heavy atom. The van der Waals surface area contributed by atoms with Gasteiger partial charge in [-0.1, -0.05) is 0 Å². The Bertz CT molecular complexity index is 553. The molecule has 19 heavy (non-hydrogen) atoms. The van der Waals surface area contributed by atoms with Gasteiger partial charge in [-0.15, -0.1) is 0 Å². The molecule has 0 aliphatic carbocycles. The highest BCUT2D eigenvalue weighted by Crippen LogP contribution is 2.23. The van der Waals surface area contributed by atoms with E-state index < -0.39 is 10.0 Å². The predicted molar refractivity (Wildman–Crippen MR) is 78.5 cm³/mol. The molecule has 0 radical (unpaired) electrons. The van der Waals surface area contributed by atoms with Crippen LogP contribution in [-0.2, 0) is 10.0 Å². The van der Waals surface area contributed by atoms with E-state index in [9.17, 15) is 8.42 Å².